The van der Waals surface area contributed by atoms with E-state index in [-0.39, 0.29) is 5.91 Å². The fraction of sp³-hybridized carbons (Fsp3) is 0.571. The van der Waals surface area contributed by atoms with Gasteiger partial charge in [-0.15, -0.1) is 0 Å². The van der Waals surface area contributed by atoms with Crippen molar-refractivity contribution in [3.63, 3.8) is 0 Å². The van der Waals surface area contributed by atoms with E-state index in [1.807, 2.05) is 0 Å². The average Bonchev–Trinajstić information content (AvgIpc) is 2.34. The Hall–Kier alpha value is -0.990. The van der Waals surface area contributed by atoms with Gasteiger partial charge in [-0.05, 0) is 12.8 Å². The molecule has 56 valence electrons. The molecular weight excluding hydrogens is 128 g/mol. The van der Waals surface area contributed by atoms with Gasteiger partial charge >= 0.3 is 0 Å². The lowest BCUT2D eigenvalue weighted by Gasteiger charge is -2.08. The Kier molecular flexibility index (Phi) is 2.31. The zero-order valence-corrected chi connectivity index (χ0v) is 5.92. The van der Waals surface area contributed by atoms with Gasteiger partial charge in [-0.2, -0.15) is 0 Å². The summed E-state index contributed by atoms with van der Waals surface area (Å²) in [4.78, 5) is 12.4. The molecule has 0 aromatic heterocycles. The quantitative estimate of drug-likeness (QED) is 0.552. The van der Waals surface area contributed by atoms with Crippen molar-refractivity contribution in [1.82, 2.24) is 4.90 Å². The molecule has 0 bridgehead atoms. The molecule has 3 heteroatoms. The van der Waals surface area contributed by atoms with Crippen LogP contribution in [0.3, 0.4) is 0 Å². The molecule has 0 atom stereocenters. The number of likely N-dealkylation sites (tertiary alicyclic amines) is 1. The molecule has 2 N–H and O–H groups in total. The van der Waals surface area contributed by atoms with Crippen LogP contribution in [0.4, 0.5) is 0 Å². The van der Waals surface area contributed by atoms with E-state index in [1.54, 1.807) is 6.20 Å². The maximum absolute atomic E-state index is 10.3. The van der Waals surface area contributed by atoms with Crippen molar-refractivity contribution in [3.05, 3.63) is 12.3 Å². The Morgan fingerprint density at radius 2 is 2.00 bits per heavy atom. The number of amides is 1. The van der Waals surface area contributed by atoms with Gasteiger partial charge in [0.2, 0.25) is 5.91 Å². The first-order chi connectivity index (χ1) is 4.79. The molecule has 3 nitrogen and oxygen atoms in total. The lowest BCUT2D eigenvalue weighted by Crippen LogP contribution is -2.13. The van der Waals surface area contributed by atoms with E-state index in [4.69, 9.17) is 5.73 Å². The molecule has 0 unspecified atom stereocenters. The molecule has 1 saturated heterocycles. The van der Waals surface area contributed by atoms with Crippen LogP contribution >= 0.6 is 0 Å². The van der Waals surface area contributed by atoms with E-state index in [9.17, 15) is 4.79 Å². The topological polar surface area (TPSA) is 46.3 Å². The van der Waals surface area contributed by atoms with Crippen molar-refractivity contribution in [1.29, 1.82) is 0 Å². The van der Waals surface area contributed by atoms with E-state index in [0.29, 0.717) is 0 Å². The Morgan fingerprint density at radius 3 is 2.50 bits per heavy atom. The second kappa shape index (κ2) is 3.25. The number of carbonyl (C=O) groups is 1. The molecule has 1 aliphatic rings. The standard InChI is InChI=1S/C7H12N2O/c8-7(10)3-6-9-4-1-2-5-9/h3,6H,1-2,4-5H2,(H2,8,10)/b6-3+. The summed E-state index contributed by atoms with van der Waals surface area (Å²) in [5.74, 6) is -0.369. The minimum absolute atomic E-state index is 0.369. The third-order valence-corrected chi connectivity index (χ3v) is 1.59. The van der Waals surface area contributed by atoms with Gasteiger partial charge in [0, 0.05) is 25.4 Å². The van der Waals surface area contributed by atoms with E-state index >= 15 is 0 Å². The SMILES string of the molecule is NC(=O)/C=C/N1CCCC1. The number of nitrogens with two attached hydrogens (primary N) is 1. The monoisotopic (exact) mass is 140 g/mol. The number of primary amides is 1. The van der Waals surface area contributed by atoms with Crippen molar-refractivity contribution in [2.24, 2.45) is 5.73 Å². The minimum atomic E-state index is -0.369. The van der Waals surface area contributed by atoms with Gasteiger partial charge < -0.3 is 10.6 Å². The minimum Gasteiger partial charge on any atom is -0.377 e. The van der Waals surface area contributed by atoms with Crippen LogP contribution in [0.2, 0.25) is 0 Å². The van der Waals surface area contributed by atoms with Crippen LogP contribution < -0.4 is 5.73 Å². The molecule has 0 spiro atoms. The summed E-state index contributed by atoms with van der Waals surface area (Å²) in [6.45, 7) is 2.12. The highest BCUT2D eigenvalue weighted by molar-refractivity contribution is 5.85. The number of rotatable bonds is 2. The highest BCUT2D eigenvalue weighted by Crippen LogP contribution is 2.06. The zero-order valence-electron chi connectivity index (χ0n) is 5.92. The third-order valence-electron chi connectivity index (χ3n) is 1.59. The van der Waals surface area contributed by atoms with E-state index in [0.717, 1.165) is 13.1 Å². The van der Waals surface area contributed by atoms with Crippen molar-refractivity contribution in [2.45, 2.75) is 12.8 Å². The van der Waals surface area contributed by atoms with Crippen molar-refractivity contribution < 1.29 is 4.79 Å². The molecule has 1 rings (SSSR count). The van der Waals surface area contributed by atoms with E-state index in [2.05, 4.69) is 4.90 Å². The normalized spacial score (nSPS) is 18.6. The second-order valence-electron chi connectivity index (χ2n) is 2.46. The molecule has 1 aliphatic heterocycles. The molecule has 0 aliphatic carbocycles. The van der Waals surface area contributed by atoms with Crippen LogP contribution in [0.25, 0.3) is 0 Å². The van der Waals surface area contributed by atoms with Crippen LogP contribution in [-0.2, 0) is 4.79 Å². The highest BCUT2D eigenvalue weighted by Gasteiger charge is 2.05. The summed E-state index contributed by atoms with van der Waals surface area (Å²) in [6.07, 6.45) is 5.63. The first kappa shape index (κ1) is 7.12. The third kappa shape index (κ3) is 2.09. The van der Waals surface area contributed by atoms with Gasteiger partial charge in [-0.1, -0.05) is 0 Å². The Bertz CT molecular complexity index is 148. The van der Waals surface area contributed by atoms with Crippen LogP contribution in [0.15, 0.2) is 12.3 Å². The molecule has 1 fully saturated rings. The van der Waals surface area contributed by atoms with Crippen molar-refractivity contribution >= 4 is 5.91 Å². The van der Waals surface area contributed by atoms with Crippen molar-refractivity contribution in [2.75, 3.05) is 13.1 Å². The molecule has 1 amide bonds. The summed E-state index contributed by atoms with van der Waals surface area (Å²) in [7, 11) is 0. The van der Waals surface area contributed by atoms with Gasteiger partial charge in [0.1, 0.15) is 0 Å². The van der Waals surface area contributed by atoms with Gasteiger partial charge in [0.05, 0.1) is 0 Å². The summed E-state index contributed by atoms with van der Waals surface area (Å²) < 4.78 is 0. The molecule has 1 heterocycles. The molecule has 0 saturated carbocycles. The summed E-state index contributed by atoms with van der Waals surface area (Å²) in [6, 6.07) is 0. The Labute approximate surface area is 60.5 Å². The average molecular weight is 140 g/mol. The molecule has 0 aromatic rings. The van der Waals surface area contributed by atoms with Gasteiger partial charge in [-0.25, -0.2) is 0 Å². The van der Waals surface area contributed by atoms with E-state index in [1.165, 1.54) is 18.9 Å². The van der Waals surface area contributed by atoms with Crippen molar-refractivity contribution in [3.8, 4) is 0 Å². The molecule has 0 radical (unpaired) electrons. The fourth-order valence-corrected chi connectivity index (χ4v) is 1.07. The number of hydrogen-bond donors (Lipinski definition) is 1. The smallest absolute Gasteiger partial charge is 0.242 e. The van der Waals surface area contributed by atoms with Gasteiger partial charge in [-0.3, -0.25) is 4.79 Å². The lowest BCUT2D eigenvalue weighted by molar-refractivity contribution is -0.113. The first-order valence-electron chi connectivity index (χ1n) is 3.51. The lowest BCUT2D eigenvalue weighted by atomic mass is 10.4. The number of nitrogens with zero attached hydrogens (tertiary/aromatic N) is 1. The maximum Gasteiger partial charge on any atom is 0.242 e. The predicted octanol–water partition coefficient (Wildman–Crippen LogP) is 0.0812. The van der Waals surface area contributed by atoms with Crippen LogP contribution in [0.1, 0.15) is 12.8 Å². The maximum atomic E-state index is 10.3. The predicted molar refractivity (Wildman–Crippen MR) is 39.1 cm³/mol. The van der Waals surface area contributed by atoms with Crippen LogP contribution in [0.5, 0.6) is 0 Å². The van der Waals surface area contributed by atoms with Crippen LogP contribution in [-0.4, -0.2) is 23.9 Å². The summed E-state index contributed by atoms with van der Waals surface area (Å²) in [5.41, 5.74) is 4.92. The molecule has 10 heavy (non-hydrogen) atoms. The Balaban J connectivity index is 2.29. The number of hydrogen-bond acceptors (Lipinski definition) is 2. The van der Waals surface area contributed by atoms with Gasteiger partial charge in [0.25, 0.3) is 0 Å². The number of carbonyl (C=O) groups excluding carboxylic acids is 1. The molecular formula is C7H12N2O. The second-order valence-corrected chi connectivity index (χ2v) is 2.46. The zero-order chi connectivity index (χ0) is 7.40. The Morgan fingerprint density at radius 1 is 1.40 bits per heavy atom. The van der Waals surface area contributed by atoms with Gasteiger partial charge in [0.15, 0.2) is 0 Å². The summed E-state index contributed by atoms with van der Waals surface area (Å²) in [5, 5.41) is 0. The first-order valence-corrected chi connectivity index (χ1v) is 3.51. The molecule has 0 aromatic carbocycles. The highest BCUT2D eigenvalue weighted by atomic mass is 16.1. The van der Waals surface area contributed by atoms with Crippen LogP contribution in [0, 0.1) is 0 Å². The summed E-state index contributed by atoms with van der Waals surface area (Å²) >= 11 is 0. The fourth-order valence-electron chi connectivity index (χ4n) is 1.07. The van der Waals surface area contributed by atoms with E-state index < -0.39 is 0 Å². The largest absolute Gasteiger partial charge is 0.377 e.